The highest BCUT2D eigenvalue weighted by Crippen LogP contribution is 2.34. The molecule has 5 amide bonds. The van der Waals surface area contributed by atoms with Crippen molar-refractivity contribution in [2.24, 2.45) is 11.8 Å². The van der Waals surface area contributed by atoms with Gasteiger partial charge in [-0.2, -0.15) is 0 Å². The van der Waals surface area contributed by atoms with Gasteiger partial charge < -0.3 is 35.2 Å². The van der Waals surface area contributed by atoms with Gasteiger partial charge in [0.1, 0.15) is 29.4 Å². The molecule has 14 heteroatoms. The fourth-order valence-corrected chi connectivity index (χ4v) is 7.13. The number of ether oxygens (including phenoxy) is 2. The summed E-state index contributed by atoms with van der Waals surface area (Å²) in [5, 5.41) is 8.12. The summed E-state index contributed by atoms with van der Waals surface area (Å²) in [6.45, 7) is 7.05. The number of piperidine rings is 2. The quantitative estimate of drug-likeness (QED) is 0.407. The first-order valence-corrected chi connectivity index (χ1v) is 18.9. The molecule has 2 saturated heterocycles. The number of halogens is 2. The Bertz CT molecular complexity index is 1670. The molecule has 3 heterocycles. The molecule has 4 atom stereocenters. The van der Waals surface area contributed by atoms with E-state index in [4.69, 9.17) is 9.47 Å². The van der Waals surface area contributed by atoms with Crippen molar-refractivity contribution < 1.29 is 42.2 Å². The van der Waals surface area contributed by atoms with E-state index >= 15 is 8.78 Å². The maximum Gasteiger partial charge on any atom is 0.410 e. The van der Waals surface area contributed by atoms with Crippen LogP contribution in [-0.4, -0.2) is 95.9 Å². The SMILES string of the molecule is Cc1ccc2cc1CNC(=O)[C@H](CCc1ccccc1)NC(=O)[C@@H](NC(=O)C1CCN(C(=O)OC(C)(C)C)CC1(F)F)CC(=O)N1CCCC(CCO2)C1. The summed E-state index contributed by atoms with van der Waals surface area (Å²) < 4.78 is 42.5. The lowest BCUT2D eigenvalue weighted by Gasteiger charge is -2.38. The molecule has 294 valence electrons. The van der Waals surface area contributed by atoms with Crippen LogP contribution in [0.1, 0.15) is 76.0 Å². The zero-order chi connectivity index (χ0) is 39.0. The molecule has 0 radical (unpaired) electrons. The highest BCUT2D eigenvalue weighted by Gasteiger charge is 2.51. The Hall–Kier alpha value is -4.75. The first kappa shape index (κ1) is 40.4. The van der Waals surface area contributed by atoms with Gasteiger partial charge in [0.2, 0.25) is 23.6 Å². The van der Waals surface area contributed by atoms with Crippen LogP contribution in [0.5, 0.6) is 5.75 Å². The molecule has 2 unspecified atom stereocenters. The van der Waals surface area contributed by atoms with Gasteiger partial charge in [-0.25, -0.2) is 13.6 Å². The number of nitrogens with one attached hydrogen (secondary N) is 3. The number of carbonyl (C=O) groups is 5. The normalized spacial score (nSPS) is 24.2. The Morgan fingerprint density at radius 2 is 1.78 bits per heavy atom. The number of hydrogen-bond donors (Lipinski definition) is 3. The fraction of sp³-hybridized carbons (Fsp3) is 0.575. The third-order valence-corrected chi connectivity index (χ3v) is 10.2. The average Bonchev–Trinajstić information content (AvgIpc) is 3.11. The summed E-state index contributed by atoms with van der Waals surface area (Å²) in [7, 11) is 0. The molecule has 4 bridgehead atoms. The number of nitrogens with zero attached hydrogens (tertiary/aromatic N) is 2. The molecule has 2 aromatic carbocycles. The summed E-state index contributed by atoms with van der Waals surface area (Å²) in [5.41, 5.74) is 1.82. The van der Waals surface area contributed by atoms with E-state index in [1.165, 1.54) is 0 Å². The maximum atomic E-state index is 15.6. The van der Waals surface area contributed by atoms with Gasteiger partial charge in [-0.1, -0.05) is 36.4 Å². The minimum absolute atomic E-state index is 0.142. The van der Waals surface area contributed by atoms with Crippen molar-refractivity contribution in [2.45, 2.75) is 103 Å². The molecule has 0 aliphatic carbocycles. The highest BCUT2D eigenvalue weighted by atomic mass is 19.3. The topological polar surface area (TPSA) is 146 Å². The summed E-state index contributed by atoms with van der Waals surface area (Å²) in [5.74, 6) is -7.56. The number of benzene rings is 2. The van der Waals surface area contributed by atoms with Crippen molar-refractivity contribution in [3.8, 4) is 5.75 Å². The van der Waals surface area contributed by atoms with Gasteiger partial charge in [0.25, 0.3) is 5.92 Å². The van der Waals surface area contributed by atoms with Crippen molar-refractivity contribution >= 4 is 29.7 Å². The highest BCUT2D eigenvalue weighted by molar-refractivity contribution is 5.95. The van der Waals surface area contributed by atoms with Gasteiger partial charge in [-0.15, -0.1) is 0 Å². The third-order valence-electron chi connectivity index (χ3n) is 10.2. The first-order valence-electron chi connectivity index (χ1n) is 18.9. The van der Waals surface area contributed by atoms with E-state index in [1.807, 2.05) is 55.5 Å². The largest absolute Gasteiger partial charge is 0.494 e. The van der Waals surface area contributed by atoms with Gasteiger partial charge in [-0.3, -0.25) is 19.2 Å². The number of alkyl halides is 2. The molecule has 2 aromatic rings. The molecular formula is C40H53F2N5O7. The lowest BCUT2D eigenvalue weighted by atomic mass is 9.91. The summed E-state index contributed by atoms with van der Waals surface area (Å²) >= 11 is 0. The van der Waals surface area contributed by atoms with E-state index in [0.29, 0.717) is 38.3 Å². The Morgan fingerprint density at radius 1 is 1.02 bits per heavy atom. The molecule has 0 saturated carbocycles. The Labute approximate surface area is 315 Å². The minimum atomic E-state index is -3.65. The van der Waals surface area contributed by atoms with Crippen LogP contribution in [0.3, 0.4) is 0 Å². The maximum absolute atomic E-state index is 15.6. The Balaban J connectivity index is 1.39. The van der Waals surface area contributed by atoms with Gasteiger partial charge in [0, 0.05) is 26.2 Å². The zero-order valence-corrected chi connectivity index (χ0v) is 31.6. The molecular weight excluding hydrogens is 700 g/mol. The zero-order valence-electron chi connectivity index (χ0n) is 31.6. The van der Waals surface area contributed by atoms with Gasteiger partial charge >= 0.3 is 6.09 Å². The first-order chi connectivity index (χ1) is 25.6. The van der Waals surface area contributed by atoms with E-state index in [-0.39, 0.29) is 31.8 Å². The van der Waals surface area contributed by atoms with Crippen LogP contribution >= 0.6 is 0 Å². The molecule has 0 aromatic heterocycles. The van der Waals surface area contributed by atoms with E-state index in [0.717, 1.165) is 34.4 Å². The van der Waals surface area contributed by atoms with Crippen LogP contribution in [-0.2, 0) is 36.9 Å². The molecule has 3 aliphatic heterocycles. The number of rotatable bonds is 5. The second-order valence-electron chi connectivity index (χ2n) is 15.6. The second kappa shape index (κ2) is 17.6. The number of carbonyl (C=O) groups excluding carboxylic acids is 5. The lowest BCUT2D eigenvalue weighted by molar-refractivity contribution is -0.153. The van der Waals surface area contributed by atoms with Crippen molar-refractivity contribution in [3.63, 3.8) is 0 Å². The molecule has 5 rings (SSSR count). The Morgan fingerprint density at radius 3 is 2.50 bits per heavy atom. The molecule has 2 fully saturated rings. The number of amides is 5. The predicted molar refractivity (Wildman–Crippen MR) is 197 cm³/mol. The number of aryl methyl sites for hydroxylation is 2. The van der Waals surface area contributed by atoms with Gasteiger partial charge in [0.15, 0.2) is 0 Å². The van der Waals surface area contributed by atoms with Crippen molar-refractivity contribution in [1.29, 1.82) is 0 Å². The van der Waals surface area contributed by atoms with Crippen molar-refractivity contribution in [2.75, 3.05) is 32.8 Å². The predicted octanol–water partition coefficient (Wildman–Crippen LogP) is 4.52. The smallest absolute Gasteiger partial charge is 0.410 e. The van der Waals surface area contributed by atoms with Crippen molar-refractivity contribution in [3.05, 3.63) is 65.2 Å². The second-order valence-corrected chi connectivity index (χ2v) is 15.6. The van der Waals surface area contributed by atoms with Gasteiger partial charge in [0.05, 0.1) is 19.6 Å². The summed E-state index contributed by atoms with van der Waals surface area (Å²) in [6, 6.07) is 12.5. The average molecular weight is 754 g/mol. The Kier molecular flexibility index (Phi) is 13.2. The molecule has 3 aliphatic rings. The molecule has 0 spiro atoms. The van der Waals surface area contributed by atoms with E-state index < -0.39 is 72.2 Å². The van der Waals surface area contributed by atoms with Crippen LogP contribution in [0, 0.1) is 18.8 Å². The van der Waals surface area contributed by atoms with Crippen LogP contribution in [0.25, 0.3) is 0 Å². The van der Waals surface area contributed by atoms with Crippen molar-refractivity contribution in [1.82, 2.24) is 25.8 Å². The number of fused-ring (bicyclic) bond motifs is 4. The molecule has 12 nitrogen and oxygen atoms in total. The third kappa shape index (κ3) is 11.1. The van der Waals surface area contributed by atoms with Crippen LogP contribution in [0.4, 0.5) is 13.6 Å². The molecule has 54 heavy (non-hydrogen) atoms. The minimum Gasteiger partial charge on any atom is -0.494 e. The standard InChI is InChI=1S/C40H53F2N5O7/c1-26-12-14-30-21-29(26)23-43-36(50)32(15-13-27-9-6-5-7-10-27)44-37(51)33(22-34(48)46-18-8-11-28(24-46)17-20-53-30)45-35(49)31-16-19-47(25-40(31,41)42)38(52)54-39(2,3)4/h5-7,9-10,12,14,21,28,31-33H,8,11,13,15-20,22-25H2,1-4H3,(H,43,50)(H,44,51)(H,45,49)/t28?,31?,32-,33-/m0/s1. The number of likely N-dealkylation sites (tertiary alicyclic amines) is 1. The fourth-order valence-electron chi connectivity index (χ4n) is 7.13. The monoisotopic (exact) mass is 753 g/mol. The summed E-state index contributed by atoms with van der Waals surface area (Å²) in [6.07, 6.45) is 1.13. The summed E-state index contributed by atoms with van der Waals surface area (Å²) in [4.78, 5) is 70.3. The molecule has 3 N–H and O–H groups in total. The lowest BCUT2D eigenvalue weighted by Crippen LogP contribution is -2.59. The van der Waals surface area contributed by atoms with Crippen LogP contribution < -0.4 is 20.7 Å². The van der Waals surface area contributed by atoms with Crippen LogP contribution in [0.2, 0.25) is 0 Å². The van der Waals surface area contributed by atoms with E-state index in [1.54, 1.807) is 25.7 Å². The van der Waals surface area contributed by atoms with Crippen LogP contribution in [0.15, 0.2) is 48.5 Å². The number of hydrogen-bond acceptors (Lipinski definition) is 7. The van der Waals surface area contributed by atoms with Gasteiger partial charge in [-0.05, 0) is 101 Å². The van der Waals surface area contributed by atoms with E-state index in [9.17, 15) is 24.0 Å². The van der Waals surface area contributed by atoms with E-state index in [2.05, 4.69) is 16.0 Å².